The van der Waals surface area contributed by atoms with Crippen LogP contribution >= 0.6 is 11.6 Å². The van der Waals surface area contributed by atoms with Gasteiger partial charge >= 0.3 is 5.97 Å². The summed E-state index contributed by atoms with van der Waals surface area (Å²) in [5, 5.41) is 6.29. The highest BCUT2D eigenvalue weighted by atomic mass is 35.5. The first kappa shape index (κ1) is 25.9. The third kappa shape index (κ3) is 5.44. The maximum Gasteiger partial charge on any atom is 0.323 e. The Morgan fingerprint density at radius 2 is 1.76 bits per heavy atom. The molecule has 0 aromatic heterocycles. The van der Waals surface area contributed by atoms with Crippen LogP contribution in [0.4, 0.5) is 11.4 Å². The van der Waals surface area contributed by atoms with Crippen LogP contribution in [0.3, 0.4) is 0 Å². The van der Waals surface area contributed by atoms with Crippen molar-refractivity contribution in [2.45, 2.75) is 44.8 Å². The third-order valence-electron chi connectivity index (χ3n) is 7.12. The summed E-state index contributed by atoms with van der Waals surface area (Å²) in [4.78, 5) is 40.8. The van der Waals surface area contributed by atoms with E-state index in [1.807, 2.05) is 49.4 Å². The first-order valence-electron chi connectivity index (χ1n) is 12.9. The van der Waals surface area contributed by atoms with E-state index < -0.39 is 6.10 Å². The van der Waals surface area contributed by atoms with Crippen molar-refractivity contribution in [3.63, 3.8) is 0 Å². The largest absolute Gasteiger partial charge is 0.456 e. The average Bonchev–Trinajstić information content (AvgIpc) is 3.40. The molecule has 2 N–H and O–H groups in total. The van der Waals surface area contributed by atoms with Crippen LogP contribution in [0.15, 0.2) is 66.7 Å². The van der Waals surface area contributed by atoms with Crippen LogP contribution in [0, 0.1) is 6.92 Å². The molecular formula is C30H30ClN3O4. The van der Waals surface area contributed by atoms with E-state index in [0.717, 1.165) is 30.5 Å². The minimum absolute atomic E-state index is 0.242. The number of hydrogen-bond acceptors (Lipinski definition) is 5. The normalized spacial score (nSPS) is 18.8. The van der Waals surface area contributed by atoms with Gasteiger partial charge in [0, 0.05) is 23.4 Å². The van der Waals surface area contributed by atoms with E-state index in [1.165, 1.54) is 0 Å². The number of nitrogens with zero attached hydrogens (tertiary/aromatic N) is 1. The second kappa shape index (κ2) is 11.4. The van der Waals surface area contributed by atoms with E-state index in [2.05, 4.69) is 10.6 Å². The second-order valence-electron chi connectivity index (χ2n) is 9.70. The Kier molecular flexibility index (Phi) is 7.77. The molecule has 38 heavy (non-hydrogen) atoms. The molecule has 2 aliphatic rings. The van der Waals surface area contributed by atoms with Crippen molar-refractivity contribution >= 4 is 40.8 Å². The van der Waals surface area contributed by atoms with Crippen molar-refractivity contribution in [2.24, 2.45) is 0 Å². The van der Waals surface area contributed by atoms with Crippen LogP contribution in [-0.2, 0) is 9.53 Å². The number of carbonyl (C=O) groups is 3. The van der Waals surface area contributed by atoms with Crippen molar-refractivity contribution < 1.29 is 19.1 Å². The van der Waals surface area contributed by atoms with E-state index in [-0.39, 0.29) is 28.8 Å². The van der Waals surface area contributed by atoms with E-state index in [1.54, 1.807) is 29.2 Å². The van der Waals surface area contributed by atoms with Crippen LogP contribution in [0.2, 0.25) is 5.02 Å². The molecule has 1 fully saturated rings. The zero-order valence-electron chi connectivity index (χ0n) is 21.2. The number of ether oxygens (including phenoxy) is 1. The Balaban J connectivity index is 1.35. The molecule has 3 aromatic rings. The zero-order valence-corrected chi connectivity index (χ0v) is 22.0. The summed E-state index contributed by atoms with van der Waals surface area (Å²) < 4.78 is 5.93. The zero-order chi connectivity index (χ0) is 26.6. The molecule has 3 aromatic carbocycles. The lowest BCUT2D eigenvalue weighted by Gasteiger charge is -2.25. The van der Waals surface area contributed by atoms with Gasteiger partial charge in [0.25, 0.3) is 11.8 Å². The number of aryl methyl sites for hydroxylation is 1. The van der Waals surface area contributed by atoms with Crippen LogP contribution in [0.1, 0.15) is 63.6 Å². The number of esters is 1. The molecule has 8 heteroatoms. The van der Waals surface area contributed by atoms with E-state index in [4.69, 9.17) is 16.3 Å². The number of anilines is 2. The van der Waals surface area contributed by atoms with Gasteiger partial charge in [-0.3, -0.25) is 14.4 Å². The van der Waals surface area contributed by atoms with Crippen molar-refractivity contribution in [1.82, 2.24) is 5.32 Å². The van der Waals surface area contributed by atoms with Crippen molar-refractivity contribution in [2.75, 3.05) is 23.3 Å². The van der Waals surface area contributed by atoms with Gasteiger partial charge < -0.3 is 20.3 Å². The van der Waals surface area contributed by atoms with Gasteiger partial charge in [-0.15, -0.1) is 0 Å². The quantitative estimate of drug-likeness (QED) is 0.414. The minimum Gasteiger partial charge on any atom is -0.456 e. The number of para-hydroxylation sites is 1. The smallest absolute Gasteiger partial charge is 0.323 e. The number of fused-ring (bicyclic) bond motifs is 1. The number of carbonyl (C=O) groups excluding carboxylic acids is 3. The molecule has 7 nitrogen and oxygen atoms in total. The van der Waals surface area contributed by atoms with Gasteiger partial charge in [0.2, 0.25) is 0 Å². The molecule has 1 unspecified atom stereocenters. The molecule has 0 bridgehead atoms. The highest BCUT2D eigenvalue weighted by Gasteiger charge is 2.32. The van der Waals surface area contributed by atoms with E-state index in [0.29, 0.717) is 41.9 Å². The lowest BCUT2D eigenvalue weighted by atomic mass is 10.0. The van der Waals surface area contributed by atoms with E-state index in [9.17, 15) is 14.4 Å². The third-order valence-corrected chi connectivity index (χ3v) is 7.43. The van der Waals surface area contributed by atoms with E-state index >= 15 is 0 Å². The fourth-order valence-electron chi connectivity index (χ4n) is 5.10. The lowest BCUT2D eigenvalue weighted by Crippen LogP contribution is -2.33. The number of benzene rings is 3. The monoisotopic (exact) mass is 531 g/mol. The highest BCUT2D eigenvalue weighted by molar-refractivity contribution is 6.35. The van der Waals surface area contributed by atoms with Crippen molar-refractivity contribution in [3.8, 4) is 0 Å². The molecule has 1 saturated heterocycles. The lowest BCUT2D eigenvalue weighted by molar-refractivity contribution is -0.152. The number of rotatable bonds is 5. The standard InChI is InChI=1S/C30H30ClN3O4/c1-19-8-2-3-9-21(19)28(35)33-20-14-15-22(24(31)18-20)29(36)34-17-7-13-27(23-10-4-5-12-26(23)34)38-30(37)25-11-6-16-32-25/h2-5,8-10,12,14-15,18,25,27,32H,6-7,11,13,16-17H2,1H3,(H,33,35)/t25-,27?/m1/s1. The summed E-state index contributed by atoms with van der Waals surface area (Å²) >= 11 is 6.57. The summed E-state index contributed by atoms with van der Waals surface area (Å²) in [5.41, 5.74) is 3.79. The Morgan fingerprint density at radius 1 is 0.974 bits per heavy atom. The summed E-state index contributed by atoms with van der Waals surface area (Å²) in [6.07, 6.45) is 2.60. The Labute approximate surface area is 227 Å². The number of amides is 2. The van der Waals surface area contributed by atoms with Crippen LogP contribution in [-0.4, -0.2) is 36.9 Å². The Bertz CT molecular complexity index is 1370. The topological polar surface area (TPSA) is 87.7 Å². The van der Waals surface area contributed by atoms with Gasteiger partial charge in [-0.2, -0.15) is 0 Å². The van der Waals surface area contributed by atoms with Gasteiger partial charge in [-0.1, -0.05) is 48.0 Å². The molecule has 0 radical (unpaired) electrons. The molecule has 0 saturated carbocycles. The molecule has 196 valence electrons. The fourth-order valence-corrected chi connectivity index (χ4v) is 5.36. The Morgan fingerprint density at radius 3 is 2.53 bits per heavy atom. The predicted molar refractivity (Wildman–Crippen MR) is 148 cm³/mol. The molecule has 5 rings (SSSR count). The second-order valence-corrected chi connectivity index (χ2v) is 10.1. The maximum absolute atomic E-state index is 13.7. The van der Waals surface area contributed by atoms with Gasteiger partial charge in [0.1, 0.15) is 12.1 Å². The van der Waals surface area contributed by atoms with Crippen molar-refractivity contribution in [1.29, 1.82) is 0 Å². The molecule has 2 atom stereocenters. The van der Waals surface area contributed by atoms with Gasteiger partial charge in [0.15, 0.2) is 0 Å². The molecular weight excluding hydrogens is 502 g/mol. The summed E-state index contributed by atoms with van der Waals surface area (Å²) in [6.45, 7) is 3.16. The highest BCUT2D eigenvalue weighted by Crippen LogP contribution is 2.37. The number of halogens is 1. The summed E-state index contributed by atoms with van der Waals surface area (Å²) in [7, 11) is 0. The number of nitrogens with one attached hydrogen (secondary N) is 2. The first-order chi connectivity index (χ1) is 18.4. The molecule has 0 spiro atoms. The molecule has 2 heterocycles. The molecule has 2 aliphatic heterocycles. The van der Waals surface area contributed by atoms with Crippen LogP contribution in [0.25, 0.3) is 0 Å². The fraction of sp³-hybridized carbons (Fsp3) is 0.300. The molecule has 0 aliphatic carbocycles. The summed E-state index contributed by atoms with van der Waals surface area (Å²) in [6, 6.07) is 19.5. The van der Waals surface area contributed by atoms with Crippen molar-refractivity contribution in [3.05, 3.63) is 94.0 Å². The maximum atomic E-state index is 13.7. The minimum atomic E-state index is -0.423. The summed E-state index contributed by atoms with van der Waals surface area (Å²) in [5.74, 6) is -0.731. The Hall–Kier alpha value is -3.68. The number of hydrogen-bond donors (Lipinski definition) is 2. The average molecular weight is 532 g/mol. The van der Waals surface area contributed by atoms with Gasteiger partial charge in [-0.05, 0) is 75.0 Å². The van der Waals surface area contributed by atoms with Gasteiger partial charge in [-0.25, -0.2) is 0 Å². The van der Waals surface area contributed by atoms with Crippen LogP contribution in [0.5, 0.6) is 0 Å². The SMILES string of the molecule is Cc1ccccc1C(=O)Nc1ccc(C(=O)N2CCCC(OC(=O)[C@H]3CCCN3)c3ccccc32)c(Cl)c1. The predicted octanol–water partition coefficient (Wildman–Crippen LogP) is 5.68. The van der Waals surface area contributed by atoms with Gasteiger partial charge in [0.05, 0.1) is 16.3 Å². The first-order valence-corrected chi connectivity index (χ1v) is 13.3. The van der Waals surface area contributed by atoms with Crippen LogP contribution < -0.4 is 15.5 Å². The molecule has 2 amide bonds.